The quantitative estimate of drug-likeness (QED) is 0.606. The van der Waals surface area contributed by atoms with Crippen molar-refractivity contribution in [2.45, 2.75) is 31.0 Å². The van der Waals surface area contributed by atoms with Gasteiger partial charge < -0.3 is 19.1 Å². The molecule has 2 heterocycles. The fraction of sp³-hybridized carbons (Fsp3) is 0.278. The van der Waals surface area contributed by atoms with Gasteiger partial charge in [0.25, 0.3) is 5.88 Å². The Morgan fingerprint density at radius 3 is 2.50 bits per heavy atom. The van der Waals surface area contributed by atoms with Crippen LogP contribution in [-0.2, 0) is 5.67 Å². The number of ether oxygens (including phenoxy) is 2. The lowest BCUT2D eigenvalue weighted by molar-refractivity contribution is -0.274. The van der Waals surface area contributed by atoms with Gasteiger partial charge in [0, 0.05) is 18.4 Å². The number of halogens is 5. The van der Waals surface area contributed by atoms with E-state index in [1.807, 2.05) is 0 Å². The molecule has 1 fully saturated rings. The van der Waals surface area contributed by atoms with Gasteiger partial charge in [-0.25, -0.2) is 18.7 Å². The van der Waals surface area contributed by atoms with Crippen molar-refractivity contribution in [2.75, 3.05) is 0 Å². The number of aromatic hydroxyl groups is 1. The molecule has 3 aromatic rings. The smallest absolute Gasteiger partial charge is 0.491 e. The van der Waals surface area contributed by atoms with E-state index in [1.165, 1.54) is 18.5 Å². The lowest BCUT2D eigenvalue weighted by atomic mass is 9.74. The van der Waals surface area contributed by atoms with Gasteiger partial charge in [-0.2, -0.15) is 0 Å². The first-order chi connectivity index (χ1) is 14.1. The van der Waals surface area contributed by atoms with Crippen molar-refractivity contribution in [1.82, 2.24) is 15.1 Å². The zero-order chi connectivity index (χ0) is 21.5. The number of hydrogen-bond donors (Lipinski definition) is 1. The zero-order valence-electron chi connectivity index (χ0n) is 14.9. The van der Waals surface area contributed by atoms with Gasteiger partial charge >= 0.3 is 6.36 Å². The van der Waals surface area contributed by atoms with E-state index in [0.29, 0.717) is 6.07 Å². The highest BCUT2D eigenvalue weighted by Gasteiger charge is 2.50. The number of nitrogens with zero attached hydrogens (tertiary/aromatic N) is 3. The van der Waals surface area contributed by atoms with Crippen LogP contribution in [-0.4, -0.2) is 32.7 Å². The molecular formula is C18H12F5N3O4. The summed E-state index contributed by atoms with van der Waals surface area (Å²) in [6, 6.07) is 3.42. The molecule has 0 spiro atoms. The topological polar surface area (TPSA) is 90.5 Å². The normalized spacial score (nSPS) is 21.2. The lowest BCUT2D eigenvalue weighted by Crippen LogP contribution is -2.45. The Hall–Kier alpha value is -3.44. The van der Waals surface area contributed by atoms with Crippen LogP contribution in [0.5, 0.6) is 17.5 Å². The molecule has 0 amide bonds. The van der Waals surface area contributed by atoms with Crippen molar-refractivity contribution >= 4 is 0 Å². The second-order valence-electron chi connectivity index (χ2n) is 6.59. The molecule has 0 unspecified atom stereocenters. The Bertz CT molecular complexity index is 1050. The van der Waals surface area contributed by atoms with E-state index in [1.54, 1.807) is 0 Å². The molecule has 0 aliphatic heterocycles. The fourth-order valence-corrected chi connectivity index (χ4v) is 3.07. The summed E-state index contributed by atoms with van der Waals surface area (Å²) in [6.45, 7) is 0. The Morgan fingerprint density at radius 2 is 1.90 bits per heavy atom. The molecule has 158 valence electrons. The first kappa shape index (κ1) is 19.9. The average Bonchev–Trinajstić information content (AvgIpc) is 3.08. The van der Waals surface area contributed by atoms with Crippen LogP contribution in [0, 0.1) is 5.82 Å². The molecule has 0 saturated heterocycles. The summed E-state index contributed by atoms with van der Waals surface area (Å²) in [4.78, 5) is 8.00. The number of rotatable bonds is 5. The summed E-state index contributed by atoms with van der Waals surface area (Å²) in [5.41, 5.74) is -2.47. The second kappa shape index (κ2) is 7.11. The van der Waals surface area contributed by atoms with Crippen LogP contribution in [0.15, 0.2) is 41.2 Å². The highest BCUT2D eigenvalue weighted by molar-refractivity contribution is 5.51. The van der Waals surface area contributed by atoms with E-state index in [2.05, 4.69) is 19.9 Å². The Balaban J connectivity index is 1.41. The highest BCUT2D eigenvalue weighted by atomic mass is 19.4. The standard InChI is InChI=1S/C18H12F5N3O4/c19-12-2-1-9(29-18(21,22)23)3-11(12)17(20)5-10(6-17)28-16-8-24-13(7-25-16)14-4-15(27)26-30-14/h1-4,7-8,10H,5-6H2,(H,26,27). The molecule has 7 nitrogen and oxygen atoms in total. The number of hydrogen-bond acceptors (Lipinski definition) is 7. The van der Waals surface area contributed by atoms with Gasteiger partial charge in [0.15, 0.2) is 5.76 Å². The SMILES string of the molecule is Oc1cc(-c2cnc(OC3CC(F)(c4cc(OC(F)(F)F)ccc4F)C3)cn2)on1. The number of alkyl halides is 4. The van der Waals surface area contributed by atoms with Crippen molar-refractivity contribution in [1.29, 1.82) is 0 Å². The minimum absolute atomic E-state index is 0.0594. The average molecular weight is 429 g/mol. The van der Waals surface area contributed by atoms with Gasteiger partial charge in [0.1, 0.15) is 29.0 Å². The van der Waals surface area contributed by atoms with Crippen molar-refractivity contribution in [3.63, 3.8) is 0 Å². The fourth-order valence-electron chi connectivity index (χ4n) is 3.07. The Labute approximate surface area is 165 Å². The first-order valence-electron chi connectivity index (χ1n) is 8.51. The maximum Gasteiger partial charge on any atom is 0.573 e. The molecule has 2 aromatic heterocycles. The molecule has 0 radical (unpaired) electrons. The van der Waals surface area contributed by atoms with E-state index >= 15 is 4.39 Å². The molecule has 0 bridgehead atoms. The zero-order valence-corrected chi connectivity index (χ0v) is 14.9. The van der Waals surface area contributed by atoms with Crippen molar-refractivity contribution in [3.05, 3.63) is 48.0 Å². The molecule has 1 N–H and O–H groups in total. The monoisotopic (exact) mass is 429 g/mol. The van der Waals surface area contributed by atoms with Gasteiger partial charge in [-0.15, -0.1) is 13.2 Å². The van der Waals surface area contributed by atoms with E-state index in [0.717, 1.165) is 12.1 Å². The van der Waals surface area contributed by atoms with Crippen molar-refractivity contribution < 1.29 is 41.1 Å². The summed E-state index contributed by atoms with van der Waals surface area (Å²) in [5, 5.41) is 12.5. The van der Waals surface area contributed by atoms with E-state index in [4.69, 9.17) is 14.4 Å². The summed E-state index contributed by atoms with van der Waals surface area (Å²) in [7, 11) is 0. The molecule has 12 heteroatoms. The number of aromatic nitrogens is 3. The largest absolute Gasteiger partial charge is 0.573 e. The van der Waals surface area contributed by atoms with E-state index < -0.39 is 35.3 Å². The minimum Gasteiger partial charge on any atom is -0.491 e. The molecule has 1 saturated carbocycles. The van der Waals surface area contributed by atoms with Crippen LogP contribution < -0.4 is 9.47 Å². The van der Waals surface area contributed by atoms with Crippen LogP contribution in [0.4, 0.5) is 22.0 Å². The predicted octanol–water partition coefficient (Wildman–Crippen LogP) is 4.28. The van der Waals surface area contributed by atoms with E-state index in [9.17, 15) is 17.6 Å². The summed E-state index contributed by atoms with van der Waals surface area (Å²) in [6.07, 6.45) is -3.72. The predicted molar refractivity (Wildman–Crippen MR) is 88.7 cm³/mol. The summed E-state index contributed by atoms with van der Waals surface area (Å²) >= 11 is 0. The van der Waals surface area contributed by atoms with Crippen molar-refractivity contribution in [2.24, 2.45) is 0 Å². The van der Waals surface area contributed by atoms with Gasteiger partial charge in [-0.3, -0.25) is 0 Å². The van der Waals surface area contributed by atoms with Crippen LogP contribution in [0.2, 0.25) is 0 Å². The van der Waals surface area contributed by atoms with Crippen LogP contribution in [0.25, 0.3) is 11.5 Å². The van der Waals surface area contributed by atoms with Crippen LogP contribution in [0.3, 0.4) is 0 Å². The Kier molecular flexibility index (Phi) is 4.71. The maximum atomic E-state index is 15.0. The van der Waals surface area contributed by atoms with Crippen molar-refractivity contribution in [3.8, 4) is 29.0 Å². The molecule has 1 aliphatic carbocycles. The number of benzene rings is 1. The summed E-state index contributed by atoms with van der Waals surface area (Å²) < 4.78 is 80.1. The third-order valence-corrected chi connectivity index (χ3v) is 4.42. The van der Waals surface area contributed by atoms with Gasteiger partial charge in [0.2, 0.25) is 5.88 Å². The van der Waals surface area contributed by atoms with Crippen LogP contribution >= 0.6 is 0 Å². The van der Waals surface area contributed by atoms with E-state index in [-0.39, 0.29) is 36.1 Å². The van der Waals surface area contributed by atoms with Gasteiger partial charge in [-0.05, 0) is 23.4 Å². The molecule has 4 rings (SSSR count). The van der Waals surface area contributed by atoms with Gasteiger partial charge in [-0.1, -0.05) is 0 Å². The molecular weight excluding hydrogens is 417 g/mol. The second-order valence-corrected chi connectivity index (χ2v) is 6.59. The minimum atomic E-state index is -4.97. The van der Waals surface area contributed by atoms with Gasteiger partial charge in [0.05, 0.1) is 18.5 Å². The highest BCUT2D eigenvalue weighted by Crippen LogP contribution is 2.48. The molecule has 30 heavy (non-hydrogen) atoms. The Morgan fingerprint density at radius 1 is 1.13 bits per heavy atom. The third kappa shape index (κ3) is 4.11. The van der Waals surface area contributed by atoms with Crippen LogP contribution in [0.1, 0.15) is 18.4 Å². The first-order valence-corrected chi connectivity index (χ1v) is 8.51. The lowest BCUT2D eigenvalue weighted by Gasteiger charge is -2.41. The molecule has 0 atom stereocenters. The maximum absolute atomic E-state index is 15.0. The summed E-state index contributed by atoms with van der Waals surface area (Å²) in [5.74, 6) is -1.78. The molecule has 1 aliphatic rings. The third-order valence-electron chi connectivity index (χ3n) is 4.42. The molecule has 1 aromatic carbocycles.